The Morgan fingerprint density at radius 2 is 0.580 bits per heavy atom. The smallest absolute Gasteiger partial charge is 0.200 e. The molecule has 0 amide bonds. The van der Waals surface area contributed by atoms with Crippen molar-refractivity contribution in [2.24, 2.45) is 0 Å². The number of nitriles is 1. The van der Waals surface area contributed by atoms with Gasteiger partial charge in [-0.1, -0.05) is 182 Å². The lowest BCUT2D eigenvalue weighted by atomic mass is 9.96. The number of para-hydroxylation sites is 2. The molecule has 4 heterocycles. The summed E-state index contributed by atoms with van der Waals surface area (Å²) in [6.07, 6.45) is 0. The second-order valence-electron chi connectivity index (χ2n) is 19.2. The predicted octanol–water partition coefficient (Wildman–Crippen LogP) is 16.5. The van der Waals surface area contributed by atoms with E-state index in [4.69, 9.17) is 29.9 Å². The zero-order valence-corrected chi connectivity index (χ0v) is 42.2. The highest BCUT2D eigenvalue weighted by atomic mass is 19.2. The molecule has 14 aromatic rings. The van der Waals surface area contributed by atoms with Crippen LogP contribution in [0.3, 0.4) is 0 Å². The van der Waals surface area contributed by atoms with Gasteiger partial charge in [-0.3, -0.25) is 0 Å². The minimum atomic E-state index is -2.32. The van der Waals surface area contributed by atoms with Crippen molar-refractivity contribution >= 4 is 43.6 Å². The molecular formula is C67H36F5N9. The van der Waals surface area contributed by atoms with Gasteiger partial charge < -0.3 is 9.13 Å². The Kier molecular flexibility index (Phi) is 11.6. The fraction of sp³-hybridized carbons (Fsp3) is 0. The number of rotatable bonds is 9. The van der Waals surface area contributed by atoms with Crippen molar-refractivity contribution < 1.29 is 22.0 Å². The first-order valence-corrected chi connectivity index (χ1v) is 25.6. The van der Waals surface area contributed by atoms with Gasteiger partial charge in [0.1, 0.15) is 0 Å². The molecule has 0 unspecified atom stereocenters. The van der Waals surface area contributed by atoms with Crippen molar-refractivity contribution in [1.29, 1.82) is 5.26 Å². The Morgan fingerprint density at radius 3 is 0.926 bits per heavy atom. The Morgan fingerprint density at radius 1 is 0.284 bits per heavy atom. The molecule has 384 valence electrons. The lowest BCUT2D eigenvalue weighted by Crippen LogP contribution is -2.10. The number of hydrogen-bond acceptors (Lipinski definition) is 7. The van der Waals surface area contributed by atoms with Gasteiger partial charge in [0.2, 0.25) is 5.82 Å². The van der Waals surface area contributed by atoms with E-state index in [1.165, 1.54) is 12.1 Å². The van der Waals surface area contributed by atoms with Gasteiger partial charge in [0.15, 0.2) is 58.2 Å². The Labute approximate surface area is 457 Å². The summed E-state index contributed by atoms with van der Waals surface area (Å²) in [5.41, 5.74) is 4.08. The molecule has 0 atom stereocenters. The Hall–Kier alpha value is -11.0. The third-order valence-corrected chi connectivity index (χ3v) is 14.4. The summed E-state index contributed by atoms with van der Waals surface area (Å²) in [6, 6.07) is 68.4. The highest BCUT2D eigenvalue weighted by Gasteiger charge is 2.33. The van der Waals surface area contributed by atoms with Gasteiger partial charge in [-0.2, -0.15) is 5.26 Å². The number of fused-ring (bicyclic) bond motifs is 6. The van der Waals surface area contributed by atoms with E-state index in [2.05, 4.69) is 6.07 Å². The maximum Gasteiger partial charge on any atom is 0.200 e. The SMILES string of the molecule is N#Cc1cc(-n2c3ccccc3c3ccc(-c4nc(-c5ccccc5)nc(-c5ccccc5)n4)cc32)c(-c2c(F)c(F)c(F)c(F)c2F)c(-n2c3ccccc3c3ccc(-c4nc(-c5ccccc5)nc(-c5ccccc5)n4)cc32)c1. The van der Waals surface area contributed by atoms with Crippen LogP contribution < -0.4 is 0 Å². The molecule has 0 N–H and O–H groups in total. The average molecular weight is 1060 g/mol. The van der Waals surface area contributed by atoms with Gasteiger partial charge in [0.05, 0.1) is 50.6 Å². The van der Waals surface area contributed by atoms with Crippen molar-refractivity contribution in [2.75, 3.05) is 0 Å². The predicted molar refractivity (Wildman–Crippen MR) is 304 cm³/mol. The zero-order valence-electron chi connectivity index (χ0n) is 42.2. The molecule has 81 heavy (non-hydrogen) atoms. The largest absolute Gasteiger partial charge is 0.308 e. The third-order valence-electron chi connectivity index (χ3n) is 14.4. The third kappa shape index (κ3) is 8.13. The second kappa shape index (κ2) is 19.5. The van der Waals surface area contributed by atoms with Crippen LogP contribution >= 0.6 is 0 Å². The van der Waals surface area contributed by atoms with Gasteiger partial charge in [0, 0.05) is 60.5 Å². The molecule has 10 aromatic carbocycles. The van der Waals surface area contributed by atoms with Crippen molar-refractivity contribution in [3.05, 3.63) is 253 Å². The van der Waals surface area contributed by atoms with Crippen LogP contribution in [0, 0.1) is 40.4 Å². The van der Waals surface area contributed by atoms with Gasteiger partial charge >= 0.3 is 0 Å². The van der Waals surface area contributed by atoms with E-state index in [1.54, 1.807) is 33.4 Å². The maximum atomic E-state index is 17.2. The molecule has 0 fully saturated rings. The number of aromatic nitrogens is 8. The Balaban J connectivity index is 1.08. The van der Waals surface area contributed by atoms with Crippen LogP contribution in [0.4, 0.5) is 22.0 Å². The fourth-order valence-corrected chi connectivity index (χ4v) is 10.7. The summed E-state index contributed by atoms with van der Waals surface area (Å²) in [6.45, 7) is 0. The molecule has 9 nitrogen and oxygen atoms in total. The zero-order chi connectivity index (χ0) is 54.9. The first kappa shape index (κ1) is 48.3. The summed E-state index contributed by atoms with van der Waals surface area (Å²) in [5, 5.41) is 13.7. The van der Waals surface area contributed by atoms with E-state index in [0.717, 1.165) is 22.3 Å². The highest BCUT2D eigenvalue weighted by Crippen LogP contribution is 2.46. The summed E-state index contributed by atoms with van der Waals surface area (Å²) in [7, 11) is 0. The standard InChI is InChI=1S/C67H36F5N9/c68-57-56(58(69)60(71)61(72)59(57)70)55-53(80-49-27-15-13-25-45(49)47-31-29-43(35-51(47)80)66-76-62(39-17-5-1-6-18-39)74-63(77-66)40-19-7-2-8-20-40)33-38(37-73)34-54(55)81-50-28-16-14-26-46(50)48-32-30-44(36-52(48)81)67-78-64(41-21-9-3-10-22-41)75-65(79-67)42-23-11-4-12-24-42/h1-36H. The first-order chi connectivity index (χ1) is 39.7. The molecule has 14 rings (SSSR count). The van der Waals surface area contributed by atoms with E-state index in [-0.39, 0.29) is 16.9 Å². The Bertz CT molecular complexity index is 4480. The van der Waals surface area contributed by atoms with Crippen LogP contribution in [-0.2, 0) is 0 Å². The molecule has 0 saturated heterocycles. The quantitative estimate of drug-likeness (QED) is 0.0804. The van der Waals surface area contributed by atoms with Crippen LogP contribution in [0.2, 0.25) is 0 Å². The normalized spacial score (nSPS) is 11.5. The summed E-state index contributed by atoms with van der Waals surface area (Å²) in [4.78, 5) is 29.6. The number of halogens is 5. The highest BCUT2D eigenvalue weighted by molar-refractivity contribution is 6.13. The summed E-state index contributed by atoms with van der Waals surface area (Å²) >= 11 is 0. The molecule has 0 bridgehead atoms. The summed E-state index contributed by atoms with van der Waals surface area (Å²) in [5.74, 6) is -8.56. The van der Waals surface area contributed by atoms with Gasteiger partial charge in [-0.05, 0) is 36.4 Å². The molecule has 0 aliphatic carbocycles. The van der Waals surface area contributed by atoms with Crippen LogP contribution in [0.1, 0.15) is 5.56 Å². The van der Waals surface area contributed by atoms with Gasteiger partial charge in [0.25, 0.3) is 0 Å². The van der Waals surface area contributed by atoms with E-state index >= 15 is 22.0 Å². The fourth-order valence-electron chi connectivity index (χ4n) is 10.7. The van der Waals surface area contributed by atoms with Crippen molar-refractivity contribution in [3.63, 3.8) is 0 Å². The van der Waals surface area contributed by atoms with Gasteiger partial charge in [-0.25, -0.2) is 51.9 Å². The van der Waals surface area contributed by atoms with E-state index < -0.39 is 40.2 Å². The van der Waals surface area contributed by atoms with Crippen LogP contribution in [0.15, 0.2) is 218 Å². The minimum absolute atomic E-state index is 0.00624. The van der Waals surface area contributed by atoms with E-state index in [9.17, 15) is 5.26 Å². The number of nitrogens with zero attached hydrogens (tertiary/aromatic N) is 9. The minimum Gasteiger partial charge on any atom is -0.308 e. The molecule has 0 saturated carbocycles. The van der Waals surface area contributed by atoms with Crippen LogP contribution in [0.25, 0.3) is 134 Å². The van der Waals surface area contributed by atoms with Crippen molar-refractivity contribution in [3.8, 4) is 96.9 Å². The molecule has 0 spiro atoms. The maximum absolute atomic E-state index is 17.2. The topological polar surface area (TPSA) is 111 Å². The first-order valence-electron chi connectivity index (χ1n) is 25.6. The molecule has 0 radical (unpaired) electrons. The molecule has 14 heteroatoms. The second-order valence-corrected chi connectivity index (χ2v) is 19.2. The van der Waals surface area contributed by atoms with Crippen molar-refractivity contribution in [1.82, 2.24) is 39.0 Å². The van der Waals surface area contributed by atoms with Crippen LogP contribution in [0.5, 0.6) is 0 Å². The molecular weight excluding hydrogens is 1030 g/mol. The number of benzene rings is 10. The van der Waals surface area contributed by atoms with E-state index in [1.807, 2.05) is 182 Å². The van der Waals surface area contributed by atoms with Gasteiger partial charge in [-0.15, -0.1) is 0 Å². The van der Waals surface area contributed by atoms with Crippen molar-refractivity contribution in [2.45, 2.75) is 0 Å². The molecule has 0 aliphatic heterocycles. The molecule has 4 aromatic heterocycles. The van der Waals surface area contributed by atoms with Crippen LogP contribution in [-0.4, -0.2) is 39.0 Å². The monoisotopic (exact) mass is 1060 g/mol. The lowest BCUT2D eigenvalue weighted by molar-refractivity contribution is 0.381. The summed E-state index contributed by atoms with van der Waals surface area (Å²) < 4.78 is 85.2. The lowest BCUT2D eigenvalue weighted by Gasteiger charge is -2.22. The molecule has 0 aliphatic rings. The number of hydrogen-bond donors (Lipinski definition) is 0. The van der Waals surface area contributed by atoms with E-state index in [0.29, 0.717) is 89.7 Å². The average Bonchev–Trinajstić information content (AvgIpc) is 3.99.